The van der Waals surface area contributed by atoms with Gasteiger partial charge in [-0.15, -0.1) is 0 Å². The molecule has 6 nitrogen and oxygen atoms in total. The second-order valence-electron chi connectivity index (χ2n) is 7.45. The first-order chi connectivity index (χ1) is 14.9. The molecule has 1 saturated heterocycles. The molecular weight excluding hydrogens is 409 g/mol. The van der Waals surface area contributed by atoms with Crippen molar-refractivity contribution in [3.8, 4) is 0 Å². The summed E-state index contributed by atoms with van der Waals surface area (Å²) >= 11 is 0. The van der Waals surface area contributed by atoms with Crippen LogP contribution in [0.2, 0.25) is 0 Å². The van der Waals surface area contributed by atoms with E-state index in [4.69, 9.17) is 4.74 Å². The molecule has 0 aliphatic carbocycles. The Morgan fingerprint density at radius 1 is 1.06 bits per heavy atom. The number of rotatable bonds is 6. The summed E-state index contributed by atoms with van der Waals surface area (Å²) in [6.45, 7) is 2.79. The third kappa shape index (κ3) is 5.05. The molecule has 1 aliphatic heterocycles. The van der Waals surface area contributed by atoms with Gasteiger partial charge in [-0.1, -0.05) is 42.5 Å². The van der Waals surface area contributed by atoms with E-state index in [0.29, 0.717) is 19.8 Å². The maximum atomic E-state index is 13.5. The minimum Gasteiger partial charge on any atom is -0.379 e. The van der Waals surface area contributed by atoms with E-state index in [1.165, 1.54) is 12.1 Å². The predicted molar refractivity (Wildman–Crippen MR) is 109 cm³/mol. The van der Waals surface area contributed by atoms with Gasteiger partial charge in [0.25, 0.3) is 0 Å². The molecule has 1 aliphatic rings. The van der Waals surface area contributed by atoms with Gasteiger partial charge in [0, 0.05) is 19.6 Å². The number of imidazole rings is 1. The molecule has 3 aromatic rings. The maximum absolute atomic E-state index is 13.5. The number of morpholine rings is 1. The Bertz CT molecular complexity index is 1030. The lowest BCUT2D eigenvalue weighted by atomic mass is 10.1. The standard InChI is InChI=1S/C22H23F3N4O2/c23-22(24,25)21-27-17-8-4-5-9-19(17)29(21)15-20(30)26-18(16-6-2-1-3-7-16)14-28-10-12-31-13-11-28/h1-9,18H,10-15H2,(H,26,30). The molecule has 9 heteroatoms. The molecule has 1 N–H and O–H groups in total. The van der Waals surface area contributed by atoms with Gasteiger partial charge in [0.2, 0.25) is 11.7 Å². The summed E-state index contributed by atoms with van der Waals surface area (Å²) < 4.78 is 46.9. The number of fused-ring (bicyclic) bond motifs is 1. The molecule has 164 valence electrons. The number of hydrogen-bond donors (Lipinski definition) is 1. The highest BCUT2D eigenvalue weighted by Gasteiger charge is 2.38. The largest absolute Gasteiger partial charge is 0.449 e. The quantitative estimate of drug-likeness (QED) is 0.650. The molecule has 0 spiro atoms. The summed E-state index contributed by atoms with van der Waals surface area (Å²) in [5, 5.41) is 2.92. The zero-order valence-corrected chi connectivity index (χ0v) is 16.8. The zero-order valence-electron chi connectivity index (χ0n) is 16.8. The van der Waals surface area contributed by atoms with Crippen molar-refractivity contribution in [2.24, 2.45) is 0 Å². The van der Waals surface area contributed by atoms with Crippen molar-refractivity contribution in [3.63, 3.8) is 0 Å². The topological polar surface area (TPSA) is 59.4 Å². The molecule has 31 heavy (non-hydrogen) atoms. The van der Waals surface area contributed by atoms with Crippen molar-refractivity contribution in [1.82, 2.24) is 19.8 Å². The molecule has 1 fully saturated rings. The number of ether oxygens (including phenoxy) is 1. The number of para-hydroxylation sites is 2. The normalized spacial score (nSPS) is 16.4. The van der Waals surface area contributed by atoms with Gasteiger partial charge in [-0.05, 0) is 17.7 Å². The summed E-state index contributed by atoms with van der Waals surface area (Å²) in [7, 11) is 0. The fraction of sp³-hybridized carbons (Fsp3) is 0.364. The summed E-state index contributed by atoms with van der Waals surface area (Å²) in [6, 6.07) is 15.4. The maximum Gasteiger partial charge on any atom is 0.449 e. The van der Waals surface area contributed by atoms with E-state index in [9.17, 15) is 18.0 Å². The van der Waals surface area contributed by atoms with Crippen molar-refractivity contribution in [1.29, 1.82) is 0 Å². The molecule has 0 saturated carbocycles. The Kier molecular flexibility index (Phi) is 6.24. The van der Waals surface area contributed by atoms with Gasteiger partial charge >= 0.3 is 6.18 Å². The molecular formula is C22H23F3N4O2. The Balaban J connectivity index is 1.57. The zero-order chi connectivity index (χ0) is 21.8. The van der Waals surface area contributed by atoms with Gasteiger partial charge in [-0.25, -0.2) is 4.98 Å². The predicted octanol–water partition coefficient (Wildman–Crippen LogP) is 3.24. The lowest BCUT2D eigenvalue weighted by molar-refractivity contribution is -0.147. The third-order valence-corrected chi connectivity index (χ3v) is 5.29. The van der Waals surface area contributed by atoms with Crippen LogP contribution in [0.3, 0.4) is 0 Å². The Morgan fingerprint density at radius 2 is 1.74 bits per heavy atom. The first-order valence-electron chi connectivity index (χ1n) is 10.1. The van der Waals surface area contributed by atoms with Gasteiger partial charge in [0.05, 0.1) is 30.3 Å². The number of carbonyl (C=O) groups is 1. The average molecular weight is 432 g/mol. The van der Waals surface area contributed by atoms with Crippen LogP contribution in [0, 0.1) is 0 Å². The molecule has 4 rings (SSSR count). The second-order valence-corrected chi connectivity index (χ2v) is 7.45. The number of nitrogens with one attached hydrogen (secondary N) is 1. The second kappa shape index (κ2) is 9.07. The van der Waals surface area contributed by atoms with Gasteiger partial charge in [0.1, 0.15) is 6.54 Å². The van der Waals surface area contributed by atoms with Crippen LogP contribution in [-0.4, -0.2) is 53.2 Å². The highest BCUT2D eigenvalue weighted by atomic mass is 19.4. The molecule has 0 bridgehead atoms. The third-order valence-electron chi connectivity index (χ3n) is 5.29. The van der Waals surface area contributed by atoms with Crippen molar-refractivity contribution < 1.29 is 22.7 Å². The lowest BCUT2D eigenvalue weighted by Crippen LogP contribution is -2.43. The monoisotopic (exact) mass is 432 g/mol. The van der Waals surface area contributed by atoms with Crippen LogP contribution in [0.5, 0.6) is 0 Å². The molecule has 0 radical (unpaired) electrons. The van der Waals surface area contributed by atoms with Crippen LogP contribution < -0.4 is 5.32 Å². The Hall–Kier alpha value is -2.91. The van der Waals surface area contributed by atoms with Crippen LogP contribution in [0.4, 0.5) is 13.2 Å². The van der Waals surface area contributed by atoms with E-state index >= 15 is 0 Å². The van der Waals surface area contributed by atoms with E-state index in [1.807, 2.05) is 30.3 Å². The van der Waals surface area contributed by atoms with Crippen molar-refractivity contribution >= 4 is 16.9 Å². The fourth-order valence-electron chi connectivity index (χ4n) is 3.80. The van der Waals surface area contributed by atoms with Crippen LogP contribution in [0.15, 0.2) is 54.6 Å². The highest BCUT2D eigenvalue weighted by Crippen LogP contribution is 2.31. The lowest BCUT2D eigenvalue weighted by Gasteiger charge is -2.31. The van der Waals surface area contributed by atoms with Crippen LogP contribution in [0.1, 0.15) is 17.4 Å². The van der Waals surface area contributed by atoms with E-state index in [0.717, 1.165) is 23.2 Å². The van der Waals surface area contributed by atoms with Crippen molar-refractivity contribution in [3.05, 3.63) is 66.0 Å². The SMILES string of the molecule is O=C(Cn1c(C(F)(F)F)nc2ccccc21)NC(CN1CCOCC1)c1ccccc1. The number of benzene rings is 2. The minimum atomic E-state index is -4.66. The average Bonchev–Trinajstić information content (AvgIpc) is 3.14. The summed E-state index contributed by atoms with van der Waals surface area (Å²) in [4.78, 5) is 18.8. The number of hydrogen-bond acceptors (Lipinski definition) is 4. The summed E-state index contributed by atoms with van der Waals surface area (Å²) in [5.41, 5.74) is 1.37. The van der Waals surface area contributed by atoms with E-state index < -0.39 is 24.5 Å². The Morgan fingerprint density at radius 3 is 2.45 bits per heavy atom. The van der Waals surface area contributed by atoms with Gasteiger partial charge in [-0.2, -0.15) is 13.2 Å². The molecule has 1 unspecified atom stereocenters. The molecule has 1 atom stereocenters. The van der Waals surface area contributed by atoms with E-state index in [1.54, 1.807) is 12.1 Å². The van der Waals surface area contributed by atoms with Gasteiger partial charge < -0.3 is 14.6 Å². The summed E-state index contributed by atoms with van der Waals surface area (Å²) in [5.74, 6) is -1.58. The van der Waals surface area contributed by atoms with Gasteiger partial charge in [0.15, 0.2) is 0 Å². The summed E-state index contributed by atoms with van der Waals surface area (Å²) in [6.07, 6.45) is -4.66. The van der Waals surface area contributed by atoms with Gasteiger partial charge in [-0.3, -0.25) is 9.69 Å². The van der Waals surface area contributed by atoms with Crippen LogP contribution in [-0.2, 0) is 22.3 Å². The number of aromatic nitrogens is 2. The molecule has 1 amide bonds. The number of carbonyl (C=O) groups excluding carboxylic acids is 1. The molecule has 2 aromatic carbocycles. The van der Waals surface area contributed by atoms with E-state index in [2.05, 4.69) is 15.2 Å². The highest BCUT2D eigenvalue weighted by molar-refractivity contribution is 5.81. The molecule has 2 heterocycles. The van der Waals surface area contributed by atoms with Crippen LogP contribution in [0.25, 0.3) is 11.0 Å². The number of alkyl halides is 3. The van der Waals surface area contributed by atoms with Crippen LogP contribution >= 0.6 is 0 Å². The molecule has 1 aromatic heterocycles. The van der Waals surface area contributed by atoms with E-state index in [-0.39, 0.29) is 17.1 Å². The number of halogens is 3. The Labute approximate surface area is 177 Å². The first kappa shape index (κ1) is 21.3. The fourth-order valence-corrected chi connectivity index (χ4v) is 3.80. The van der Waals surface area contributed by atoms with Crippen molar-refractivity contribution in [2.75, 3.05) is 32.8 Å². The smallest absolute Gasteiger partial charge is 0.379 e. The first-order valence-corrected chi connectivity index (χ1v) is 10.1. The number of amides is 1. The minimum absolute atomic E-state index is 0.204. The van der Waals surface area contributed by atoms with Crippen molar-refractivity contribution in [2.45, 2.75) is 18.8 Å². The number of nitrogens with zero attached hydrogens (tertiary/aromatic N) is 3.